The lowest BCUT2D eigenvalue weighted by Gasteiger charge is -2.14. The van der Waals surface area contributed by atoms with Crippen molar-refractivity contribution in [2.75, 3.05) is 18.0 Å². The van der Waals surface area contributed by atoms with Crippen molar-refractivity contribution in [2.45, 2.75) is 26.7 Å². The number of hydrogen-bond donors (Lipinski definition) is 0. The standard InChI is InChI=1S/C22H23ClN3/c1-4-13-26(14-6-5-8-18-9-7-10-19(23)15-18)22-21-17(3)25-16(2)20(21)11-12-24-22/h5,7-11,15H,2,4,6,13-14H2,1,3H3/q+1. The number of halogens is 1. The zero-order valence-corrected chi connectivity index (χ0v) is 16.1. The van der Waals surface area contributed by atoms with Crippen molar-refractivity contribution in [1.82, 2.24) is 0 Å². The Labute approximate surface area is 160 Å². The molecule has 2 heterocycles. The summed E-state index contributed by atoms with van der Waals surface area (Å²) in [4.78, 5) is 11.4. The largest absolute Gasteiger partial charge is 0.391 e. The van der Waals surface area contributed by atoms with Crippen LogP contribution in [0.4, 0.5) is 5.82 Å². The van der Waals surface area contributed by atoms with E-state index in [4.69, 9.17) is 11.6 Å². The maximum Gasteiger partial charge on any atom is 0.391 e. The number of hydrogen-bond acceptors (Lipinski definition) is 2. The Balaban J connectivity index is 1.75. The highest BCUT2D eigenvalue weighted by molar-refractivity contribution is 6.30. The van der Waals surface area contributed by atoms with E-state index in [1.54, 1.807) is 0 Å². The van der Waals surface area contributed by atoms with Crippen molar-refractivity contribution < 1.29 is 4.98 Å². The molecule has 4 heteroatoms. The van der Waals surface area contributed by atoms with Crippen molar-refractivity contribution in [2.24, 2.45) is 4.99 Å². The Kier molecular flexibility index (Phi) is 5.75. The van der Waals surface area contributed by atoms with Crippen molar-refractivity contribution in [3.8, 4) is 0 Å². The molecule has 3 nitrogen and oxygen atoms in total. The molecule has 0 saturated heterocycles. The molecule has 1 aromatic carbocycles. The van der Waals surface area contributed by atoms with E-state index in [0.717, 1.165) is 64.9 Å². The number of anilines is 1. The lowest BCUT2D eigenvalue weighted by Crippen LogP contribution is -2.31. The van der Waals surface area contributed by atoms with Gasteiger partial charge >= 0.3 is 5.82 Å². The Morgan fingerprint density at radius 3 is 2.96 bits per heavy atom. The molecular formula is C22H23ClN3+. The van der Waals surface area contributed by atoms with Crippen LogP contribution in [-0.4, -0.2) is 18.8 Å². The maximum atomic E-state index is 6.04. The second-order valence-electron chi connectivity index (χ2n) is 6.37. The summed E-state index contributed by atoms with van der Waals surface area (Å²) < 4.78 is 0. The normalized spacial score (nSPS) is 12.9. The molecular weight excluding hydrogens is 342 g/mol. The second kappa shape index (κ2) is 8.21. The van der Waals surface area contributed by atoms with Crippen LogP contribution in [0.25, 0.3) is 11.8 Å². The van der Waals surface area contributed by atoms with Gasteiger partial charge in [-0.2, -0.15) is 4.98 Å². The number of rotatable bonds is 7. The van der Waals surface area contributed by atoms with Crippen molar-refractivity contribution in [3.63, 3.8) is 0 Å². The molecule has 3 rings (SSSR count). The monoisotopic (exact) mass is 364 g/mol. The van der Waals surface area contributed by atoms with Gasteiger partial charge < -0.3 is 0 Å². The first kappa shape index (κ1) is 18.2. The average Bonchev–Trinajstić information content (AvgIpc) is 2.92. The fourth-order valence-electron chi connectivity index (χ4n) is 3.19. The predicted octanol–water partition coefficient (Wildman–Crippen LogP) is 4.85. The van der Waals surface area contributed by atoms with E-state index in [9.17, 15) is 0 Å². The Hall–Kier alpha value is -2.57. The molecule has 132 valence electrons. The summed E-state index contributed by atoms with van der Waals surface area (Å²) in [6.45, 7) is 10.1. The fourth-order valence-corrected chi connectivity index (χ4v) is 3.39. The van der Waals surface area contributed by atoms with Gasteiger partial charge in [0.2, 0.25) is 0 Å². The molecule has 1 aliphatic rings. The zero-order chi connectivity index (χ0) is 18.5. The van der Waals surface area contributed by atoms with Crippen LogP contribution in [0.2, 0.25) is 5.02 Å². The molecule has 1 aliphatic heterocycles. The van der Waals surface area contributed by atoms with Crippen molar-refractivity contribution in [3.05, 3.63) is 70.9 Å². The van der Waals surface area contributed by atoms with Gasteiger partial charge in [-0.3, -0.25) is 4.99 Å². The van der Waals surface area contributed by atoms with Gasteiger partial charge in [-0.05, 0) is 31.0 Å². The summed E-state index contributed by atoms with van der Waals surface area (Å²) in [5.41, 5.74) is 5.04. The summed E-state index contributed by atoms with van der Waals surface area (Å²) in [7, 11) is 0. The third-order valence-corrected chi connectivity index (χ3v) is 4.60. The average molecular weight is 365 g/mol. The zero-order valence-electron chi connectivity index (χ0n) is 15.3. The van der Waals surface area contributed by atoms with E-state index in [0.29, 0.717) is 0 Å². The molecule has 0 radical (unpaired) electrons. The summed E-state index contributed by atoms with van der Waals surface area (Å²) in [5.74, 6) is 0.959. The van der Waals surface area contributed by atoms with E-state index in [2.05, 4.69) is 52.8 Å². The van der Waals surface area contributed by atoms with E-state index in [-0.39, 0.29) is 0 Å². The topological polar surface area (TPSA) is 29.7 Å². The molecule has 0 amide bonds. The van der Waals surface area contributed by atoms with Crippen LogP contribution < -0.4 is 9.88 Å². The molecule has 0 unspecified atom stereocenters. The van der Waals surface area contributed by atoms with E-state index >= 15 is 0 Å². The quantitative estimate of drug-likeness (QED) is 0.702. The van der Waals surface area contributed by atoms with Gasteiger partial charge in [0.25, 0.3) is 0 Å². The SMILES string of the molecule is C=C1N=C(C)c2c1cc#[n+]c2N(CCC)CCC=Cc1cccc(Cl)c1. The summed E-state index contributed by atoms with van der Waals surface area (Å²) in [5, 5.41) is 0.759. The van der Waals surface area contributed by atoms with Gasteiger partial charge in [-0.1, -0.05) is 49.4 Å². The molecule has 0 spiro atoms. The maximum absolute atomic E-state index is 6.04. The van der Waals surface area contributed by atoms with Crippen LogP contribution in [0.5, 0.6) is 0 Å². The van der Waals surface area contributed by atoms with Gasteiger partial charge in [-0.15, -0.1) is 0 Å². The summed E-state index contributed by atoms with van der Waals surface area (Å²) in [6.07, 6.45) is 9.29. The molecule has 0 bridgehead atoms. The minimum absolute atomic E-state index is 0.759. The van der Waals surface area contributed by atoms with Crippen LogP contribution in [0.15, 0.2) is 48.0 Å². The lowest BCUT2D eigenvalue weighted by molar-refractivity contribution is -0.280. The molecule has 2 aromatic rings. The summed E-state index contributed by atoms with van der Waals surface area (Å²) >= 11 is 6.04. The Morgan fingerprint density at radius 1 is 1.35 bits per heavy atom. The summed E-state index contributed by atoms with van der Waals surface area (Å²) in [6, 6.07) is 9.75. The van der Waals surface area contributed by atoms with Crippen molar-refractivity contribution >= 4 is 34.9 Å². The van der Waals surface area contributed by atoms with Gasteiger partial charge in [-0.25, -0.2) is 4.90 Å². The number of benzene rings is 1. The van der Waals surface area contributed by atoms with E-state index < -0.39 is 0 Å². The van der Waals surface area contributed by atoms with E-state index in [1.165, 1.54) is 0 Å². The molecule has 1 aromatic heterocycles. The number of nitrogens with zero attached hydrogens (tertiary/aromatic N) is 3. The lowest BCUT2D eigenvalue weighted by atomic mass is 10.1. The Morgan fingerprint density at radius 2 is 2.19 bits per heavy atom. The molecule has 26 heavy (non-hydrogen) atoms. The fraction of sp³-hybridized carbons (Fsp3) is 0.273. The molecule has 0 saturated carbocycles. The molecule has 0 aliphatic carbocycles. The van der Waals surface area contributed by atoms with Gasteiger partial charge in [0.05, 0.1) is 24.5 Å². The van der Waals surface area contributed by atoms with Crippen LogP contribution in [-0.2, 0) is 0 Å². The highest BCUT2D eigenvalue weighted by Crippen LogP contribution is 2.31. The number of aliphatic imine (C=N–C) groups is 1. The number of aromatic nitrogens is 1. The van der Waals surface area contributed by atoms with Crippen LogP contribution >= 0.6 is 11.6 Å². The minimum Gasteiger partial charge on any atom is -0.253 e. The third kappa shape index (κ3) is 3.98. The first-order valence-corrected chi connectivity index (χ1v) is 9.31. The first-order chi connectivity index (χ1) is 12.6. The van der Waals surface area contributed by atoms with Gasteiger partial charge in [0.15, 0.2) is 6.20 Å². The highest BCUT2D eigenvalue weighted by atomic mass is 35.5. The second-order valence-corrected chi connectivity index (χ2v) is 6.81. The van der Waals surface area contributed by atoms with Gasteiger partial charge in [0, 0.05) is 23.1 Å². The molecule has 0 fully saturated rings. The van der Waals surface area contributed by atoms with Crippen LogP contribution in [0, 0.1) is 6.20 Å². The minimum atomic E-state index is 0.759. The molecule has 0 N–H and O–H groups in total. The highest BCUT2D eigenvalue weighted by Gasteiger charge is 2.30. The Bertz CT molecular complexity index is 867. The predicted molar refractivity (Wildman–Crippen MR) is 110 cm³/mol. The van der Waals surface area contributed by atoms with Crippen LogP contribution in [0.1, 0.15) is 43.4 Å². The third-order valence-electron chi connectivity index (χ3n) is 4.37. The number of fused-ring (bicyclic) bond motifs is 1. The van der Waals surface area contributed by atoms with Crippen LogP contribution in [0.3, 0.4) is 0 Å². The first-order valence-electron chi connectivity index (χ1n) is 8.93. The smallest absolute Gasteiger partial charge is 0.253 e. The molecule has 0 atom stereocenters. The van der Waals surface area contributed by atoms with Gasteiger partial charge in [0.1, 0.15) is 5.56 Å². The van der Waals surface area contributed by atoms with E-state index in [1.807, 2.05) is 31.2 Å². The van der Waals surface area contributed by atoms with Crippen molar-refractivity contribution in [1.29, 1.82) is 0 Å².